The third-order valence-electron chi connectivity index (χ3n) is 4.53. The highest BCUT2D eigenvalue weighted by Gasteiger charge is 2.36. The van der Waals surface area contributed by atoms with Crippen LogP contribution >= 0.6 is 44.1 Å². The van der Waals surface area contributed by atoms with Crippen LogP contribution in [0, 0.1) is 0 Å². The average molecular weight is 500 g/mol. The molecule has 1 aliphatic heterocycles. The second-order valence-corrected chi connectivity index (χ2v) is 8.46. The van der Waals surface area contributed by atoms with Gasteiger partial charge in [0.15, 0.2) is 5.11 Å². The first-order valence-corrected chi connectivity index (χ1v) is 10.6. The molecule has 0 atom stereocenters. The van der Waals surface area contributed by atoms with Crippen LogP contribution in [0.25, 0.3) is 6.08 Å². The summed E-state index contributed by atoms with van der Waals surface area (Å²) in [4.78, 5) is 14.6. The lowest BCUT2D eigenvalue weighted by Gasteiger charge is -2.29. The number of benzene rings is 1. The molecule has 7 heteroatoms. The van der Waals surface area contributed by atoms with E-state index in [4.69, 9.17) is 17.0 Å². The number of hydrogen-bond donors (Lipinski definition) is 1. The quantitative estimate of drug-likeness (QED) is 0.345. The molecule has 1 N–H and O–H groups in total. The number of nitrogens with zero attached hydrogens (tertiary/aromatic N) is 1. The van der Waals surface area contributed by atoms with Gasteiger partial charge in [-0.3, -0.25) is 9.69 Å². The Hall–Kier alpha value is -1.18. The fraction of sp³-hybridized carbons (Fsp3) is 0.368. The number of ether oxygens (including phenoxy) is 1. The van der Waals surface area contributed by atoms with Gasteiger partial charge in [0, 0.05) is 6.04 Å². The monoisotopic (exact) mass is 498 g/mol. The second kappa shape index (κ2) is 8.67. The minimum Gasteiger partial charge on any atom is -0.487 e. The average Bonchev–Trinajstić information content (AvgIpc) is 2.88. The van der Waals surface area contributed by atoms with E-state index in [1.54, 1.807) is 11.0 Å². The predicted molar refractivity (Wildman–Crippen MR) is 115 cm³/mol. The second-order valence-electron chi connectivity index (χ2n) is 6.37. The number of carbonyl (C=O) groups excluding carboxylic acids is 1. The molecule has 0 bridgehead atoms. The van der Waals surface area contributed by atoms with E-state index in [0.717, 1.165) is 40.2 Å². The summed E-state index contributed by atoms with van der Waals surface area (Å²) in [6.45, 7) is 4.07. The molecule has 1 aromatic rings. The number of halogens is 2. The van der Waals surface area contributed by atoms with E-state index >= 15 is 0 Å². The highest BCUT2D eigenvalue weighted by molar-refractivity contribution is 9.11. The summed E-state index contributed by atoms with van der Waals surface area (Å²) in [6.07, 6.45) is 9.11. The molecule has 1 saturated carbocycles. The molecule has 26 heavy (non-hydrogen) atoms. The van der Waals surface area contributed by atoms with Gasteiger partial charge in [0.2, 0.25) is 0 Å². The third-order valence-corrected chi connectivity index (χ3v) is 6.00. The van der Waals surface area contributed by atoms with E-state index in [0.29, 0.717) is 23.2 Å². The van der Waals surface area contributed by atoms with Crippen molar-refractivity contribution in [3.63, 3.8) is 0 Å². The molecular formula is C19H20Br2N2O2S. The van der Waals surface area contributed by atoms with Crippen molar-refractivity contribution < 1.29 is 9.53 Å². The van der Waals surface area contributed by atoms with Crippen molar-refractivity contribution in [1.82, 2.24) is 10.2 Å². The fourth-order valence-electron chi connectivity index (χ4n) is 3.33. The Kier molecular flexibility index (Phi) is 6.53. The van der Waals surface area contributed by atoms with Crippen LogP contribution in [0.2, 0.25) is 0 Å². The summed E-state index contributed by atoms with van der Waals surface area (Å²) in [5.41, 5.74) is 1.39. The van der Waals surface area contributed by atoms with Crippen LogP contribution in [0.4, 0.5) is 0 Å². The van der Waals surface area contributed by atoms with Crippen molar-refractivity contribution in [3.8, 4) is 5.75 Å². The highest BCUT2D eigenvalue weighted by atomic mass is 79.9. The van der Waals surface area contributed by atoms with Gasteiger partial charge < -0.3 is 10.1 Å². The van der Waals surface area contributed by atoms with Gasteiger partial charge in [0.05, 0.1) is 8.95 Å². The topological polar surface area (TPSA) is 41.6 Å². The van der Waals surface area contributed by atoms with Crippen molar-refractivity contribution in [2.45, 2.75) is 38.1 Å². The number of carbonyl (C=O) groups is 1. The van der Waals surface area contributed by atoms with Crippen LogP contribution in [0.15, 0.2) is 39.4 Å². The summed E-state index contributed by atoms with van der Waals surface area (Å²) in [5, 5.41) is 3.59. The molecule has 3 rings (SSSR count). The summed E-state index contributed by atoms with van der Waals surface area (Å²) < 4.78 is 7.24. The molecule has 1 aliphatic carbocycles. The standard InChI is InChI=1S/C19H20Br2N2O2S/c1-2-8-25-17-14(20)9-12(10-15(17)21)11-16-18(24)23(19(26)22-16)13-6-4-3-5-7-13/h2,9-11,13H,1,3-8H2,(H,22,26)/b16-11-. The van der Waals surface area contributed by atoms with E-state index in [2.05, 4.69) is 43.8 Å². The van der Waals surface area contributed by atoms with Crippen molar-refractivity contribution >= 4 is 61.2 Å². The maximum absolute atomic E-state index is 12.8. The van der Waals surface area contributed by atoms with Crippen LogP contribution in [-0.4, -0.2) is 28.6 Å². The minimum absolute atomic E-state index is 0.0406. The van der Waals surface area contributed by atoms with Crippen molar-refractivity contribution in [1.29, 1.82) is 0 Å². The van der Waals surface area contributed by atoms with Gasteiger partial charge in [-0.25, -0.2) is 0 Å². The molecule has 0 spiro atoms. The van der Waals surface area contributed by atoms with Gasteiger partial charge in [-0.2, -0.15) is 0 Å². The Morgan fingerprint density at radius 1 is 1.27 bits per heavy atom. The predicted octanol–water partition coefficient (Wildman–Crippen LogP) is 5.17. The Balaban J connectivity index is 1.82. The highest BCUT2D eigenvalue weighted by Crippen LogP contribution is 2.36. The molecule has 138 valence electrons. The lowest BCUT2D eigenvalue weighted by Crippen LogP contribution is -2.41. The normalized spacial score (nSPS) is 19.8. The lowest BCUT2D eigenvalue weighted by molar-refractivity contribution is -0.124. The van der Waals surface area contributed by atoms with Crippen LogP contribution in [0.3, 0.4) is 0 Å². The van der Waals surface area contributed by atoms with Crippen LogP contribution in [0.5, 0.6) is 5.75 Å². The Morgan fingerprint density at radius 3 is 2.54 bits per heavy atom. The number of amides is 1. The molecular weight excluding hydrogens is 480 g/mol. The van der Waals surface area contributed by atoms with Crippen molar-refractivity contribution in [2.24, 2.45) is 0 Å². The molecule has 2 fully saturated rings. The first-order chi connectivity index (χ1) is 12.5. The largest absolute Gasteiger partial charge is 0.487 e. The SMILES string of the molecule is C=CCOc1c(Br)cc(/C=C2\NC(=S)N(C3CCCCC3)C2=O)cc1Br. The van der Waals surface area contributed by atoms with Gasteiger partial charge in [-0.05, 0) is 80.7 Å². The number of thiocarbonyl (C=S) groups is 1. The smallest absolute Gasteiger partial charge is 0.276 e. The molecule has 1 heterocycles. The Morgan fingerprint density at radius 2 is 1.92 bits per heavy atom. The zero-order chi connectivity index (χ0) is 18.7. The van der Waals surface area contributed by atoms with Crippen LogP contribution < -0.4 is 10.1 Å². The van der Waals surface area contributed by atoms with E-state index < -0.39 is 0 Å². The summed E-state index contributed by atoms with van der Waals surface area (Å²) in [5.74, 6) is 0.665. The molecule has 4 nitrogen and oxygen atoms in total. The van der Waals surface area contributed by atoms with Gasteiger partial charge in [0.1, 0.15) is 18.1 Å². The van der Waals surface area contributed by atoms with E-state index in [-0.39, 0.29) is 11.9 Å². The summed E-state index contributed by atoms with van der Waals surface area (Å²) in [7, 11) is 0. The number of rotatable bonds is 5. The molecule has 0 aromatic heterocycles. The Labute approximate surface area is 175 Å². The number of hydrogen-bond acceptors (Lipinski definition) is 3. The van der Waals surface area contributed by atoms with Crippen LogP contribution in [-0.2, 0) is 4.79 Å². The van der Waals surface area contributed by atoms with Gasteiger partial charge in [-0.15, -0.1) is 0 Å². The molecule has 0 radical (unpaired) electrons. The van der Waals surface area contributed by atoms with Crippen molar-refractivity contribution in [2.75, 3.05) is 6.61 Å². The summed E-state index contributed by atoms with van der Waals surface area (Å²) >= 11 is 12.5. The zero-order valence-corrected chi connectivity index (χ0v) is 18.3. The third kappa shape index (κ3) is 4.21. The molecule has 1 aromatic carbocycles. The summed E-state index contributed by atoms with van der Waals surface area (Å²) in [6, 6.07) is 4.05. The maximum atomic E-state index is 12.8. The van der Waals surface area contributed by atoms with E-state index in [1.807, 2.05) is 18.2 Å². The van der Waals surface area contributed by atoms with Gasteiger partial charge >= 0.3 is 0 Å². The Bertz CT molecular complexity index is 750. The molecule has 0 unspecified atom stereocenters. The minimum atomic E-state index is -0.0406. The number of nitrogens with one attached hydrogen (secondary N) is 1. The molecule has 1 amide bonds. The zero-order valence-electron chi connectivity index (χ0n) is 14.3. The van der Waals surface area contributed by atoms with Crippen LogP contribution in [0.1, 0.15) is 37.7 Å². The lowest BCUT2D eigenvalue weighted by atomic mass is 9.94. The van der Waals surface area contributed by atoms with E-state index in [9.17, 15) is 4.79 Å². The molecule has 2 aliphatic rings. The molecule has 1 saturated heterocycles. The maximum Gasteiger partial charge on any atom is 0.276 e. The van der Waals surface area contributed by atoms with Gasteiger partial charge in [0.25, 0.3) is 5.91 Å². The van der Waals surface area contributed by atoms with Crippen molar-refractivity contribution in [3.05, 3.63) is 45.0 Å². The first-order valence-electron chi connectivity index (χ1n) is 8.60. The fourth-order valence-corrected chi connectivity index (χ4v) is 5.12. The first kappa shape index (κ1) is 19.6. The van der Waals surface area contributed by atoms with Gasteiger partial charge in [-0.1, -0.05) is 31.9 Å². The van der Waals surface area contributed by atoms with E-state index in [1.165, 1.54) is 6.42 Å².